The van der Waals surface area contributed by atoms with E-state index in [1.54, 1.807) is 26.4 Å². The number of benzene rings is 1. The summed E-state index contributed by atoms with van der Waals surface area (Å²) in [5.74, 6) is 1.37. The molecule has 1 aliphatic heterocycles. The second-order valence-corrected chi connectivity index (χ2v) is 3.89. The second kappa shape index (κ2) is 4.04. The molecule has 0 aliphatic carbocycles. The molecule has 0 radical (unpaired) electrons. The molecule has 16 heavy (non-hydrogen) atoms. The number of ketones is 1. The quantitative estimate of drug-likeness (QED) is 0.830. The topological polar surface area (TPSA) is 47.6 Å². The fourth-order valence-corrected chi connectivity index (χ4v) is 2.00. The lowest BCUT2D eigenvalue weighted by atomic mass is 9.96. The van der Waals surface area contributed by atoms with Gasteiger partial charge in [-0.1, -0.05) is 0 Å². The van der Waals surface area contributed by atoms with E-state index in [1.165, 1.54) is 0 Å². The zero-order valence-electron chi connectivity index (χ0n) is 9.66. The molecule has 4 heteroatoms. The van der Waals surface area contributed by atoms with Gasteiger partial charge >= 0.3 is 0 Å². The van der Waals surface area contributed by atoms with Crippen molar-refractivity contribution in [3.63, 3.8) is 0 Å². The summed E-state index contributed by atoms with van der Waals surface area (Å²) in [6.07, 6.45) is 0.483. The van der Waals surface area contributed by atoms with E-state index >= 15 is 0 Å². The summed E-state index contributed by atoms with van der Waals surface area (Å²) in [5.41, 5.74) is 1.34. The first-order valence-corrected chi connectivity index (χ1v) is 5.22. The van der Waals surface area contributed by atoms with Gasteiger partial charge in [-0.2, -0.15) is 0 Å². The highest BCUT2D eigenvalue weighted by molar-refractivity contribution is 6.07. The molecule has 0 bridgehead atoms. The van der Waals surface area contributed by atoms with Crippen molar-refractivity contribution in [3.05, 3.63) is 17.7 Å². The van der Waals surface area contributed by atoms with Crippen LogP contribution >= 0.6 is 0 Å². The first-order valence-electron chi connectivity index (χ1n) is 5.22. The number of nitrogens with one attached hydrogen (secondary N) is 1. The van der Waals surface area contributed by atoms with E-state index in [9.17, 15) is 4.79 Å². The second-order valence-electron chi connectivity index (χ2n) is 3.89. The van der Waals surface area contributed by atoms with Gasteiger partial charge in [0.05, 0.1) is 25.5 Å². The van der Waals surface area contributed by atoms with E-state index in [4.69, 9.17) is 9.47 Å². The van der Waals surface area contributed by atoms with Crippen LogP contribution in [-0.2, 0) is 0 Å². The van der Waals surface area contributed by atoms with Gasteiger partial charge in [0.1, 0.15) is 11.5 Å². The zero-order valence-corrected chi connectivity index (χ0v) is 9.66. The van der Waals surface area contributed by atoms with Gasteiger partial charge in [0, 0.05) is 12.5 Å². The van der Waals surface area contributed by atoms with Gasteiger partial charge in [0.15, 0.2) is 5.78 Å². The Kier molecular flexibility index (Phi) is 2.73. The number of Topliss-reactive ketones (excluding diaryl/α,β-unsaturated/α-hetero) is 1. The van der Waals surface area contributed by atoms with Crippen LogP contribution < -0.4 is 14.8 Å². The van der Waals surface area contributed by atoms with Gasteiger partial charge in [-0.25, -0.2) is 0 Å². The van der Waals surface area contributed by atoms with Crippen LogP contribution in [0, 0.1) is 0 Å². The summed E-state index contributed by atoms with van der Waals surface area (Å²) in [6.45, 7) is 1.97. The van der Waals surface area contributed by atoms with Crippen molar-refractivity contribution in [3.8, 4) is 11.5 Å². The Bertz CT molecular complexity index is 429. The van der Waals surface area contributed by atoms with Gasteiger partial charge in [-0.05, 0) is 19.1 Å². The summed E-state index contributed by atoms with van der Waals surface area (Å²) < 4.78 is 10.4. The Hall–Kier alpha value is -1.71. The van der Waals surface area contributed by atoms with Crippen LogP contribution in [0.4, 0.5) is 5.69 Å². The Morgan fingerprint density at radius 3 is 2.50 bits per heavy atom. The maximum atomic E-state index is 12.0. The highest BCUT2D eigenvalue weighted by Gasteiger charge is 2.27. The molecule has 1 heterocycles. The van der Waals surface area contributed by atoms with Gasteiger partial charge in [-0.3, -0.25) is 4.79 Å². The summed E-state index contributed by atoms with van der Waals surface area (Å²) in [6, 6.07) is 3.68. The maximum absolute atomic E-state index is 12.0. The number of rotatable bonds is 2. The molecule has 1 N–H and O–H groups in total. The molecule has 1 unspecified atom stereocenters. The van der Waals surface area contributed by atoms with Crippen molar-refractivity contribution in [1.29, 1.82) is 0 Å². The predicted octanol–water partition coefficient (Wildman–Crippen LogP) is 2.09. The smallest absolute Gasteiger partial charge is 0.170 e. The molecule has 0 saturated heterocycles. The van der Waals surface area contributed by atoms with Gasteiger partial charge < -0.3 is 14.8 Å². The molecule has 2 rings (SSSR count). The number of carbonyl (C=O) groups excluding carboxylic acids is 1. The normalized spacial score (nSPS) is 18.7. The first kappa shape index (κ1) is 10.8. The molecule has 1 aromatic rings. The molecular formula is C12H15NO3. The summed E-state index contributed by atoms with van der Waals surface area (Å²) in [5, 5.41) is 3.26. The fraction of sp³-hybridized carbons (Fsp3) is 0.417. The van der Waals surface area contributed by atoms with Gasteiger partial charge in [0.25, 0.3) is 0 Å². The van der Waals surface area contributed by atoms with E-state index in [0.717, 1.165) is 5.69 Å². The highest BCUT2D eigenvalue weighted by Crippen LogP contribution is 2.39. The molecule has 1 aromatic carbocycles. The third kappa shape index (κ3) is 1.60. The fourth-order valence-electron chi connectivity index (χ4n) is 2.00. The number of ether oxygens (including phenoxy) is 2. The molecule has 1 atom stereocenters. The number of hydrogen-bond acceptors (Lipinski definition) is 4. The molecule has 1 aliphatic rings. The molecule has 86 valence electrons. The Balaban J connectivity index is 2.61. The molecule has 0 spiro atoms. The van der Waals surface area contributed by atoms with Crippen molar-refractivity contribution >= 4 is 11.5 Å². The number of carbonyl (C=O) groups is 1. The van der Waals surface area contributed by atoms with E-state index < -0.39 is 0 Å². The number of hydrogen-bond donors (Lipinski definition) is 1. The van der Waals surface area contributed by atoms with E-state index in [1.807, 2.05) is 6.92 Å². The Labute approximate surface area is 94.6 Å². The minimum absolute atomic E-state index is 0.0944. The first-order chi connectivity index (χ1) is 7.67. The van der Waals surface area contributed by atoms with Crippen LogP contribution in [0.3, 0.4) is 0 Å². The SMILES string of the molecule is COc1ccc(OC)c2c1NC(C)CC2=O. The number of methoxy groups -OCH3 is 2. The maximum Gasteiger partial charge on any atom is 0.170 e. The average molecular weight is 221 g/mol. The van der Waals surface area contributed by atoms with Crippen molar-refractivity contribution in [2.24, 2.45) is 0 Å². The number of fused-ring (bicyclic) bond motifs is 1. The van der Waals surface area contributed by atoms with Crippen LogP contribution in [0.5, 0.6) is 11.5 Å². The van der Waals surface area contributed by atoms with E-state index in [0.29, 0.717) is 23.5 Å². The Morgan fingerprint density at radius 1 is 1.25 bits per heavy atom. The highest BCUT2D eigenvalue weighted by atomic mass is 16.5. The van der Waals surface area contributed by atoms with Crippen LogP contribution in [0.1, 0.15) is 23.7 Å². The van der Waals surface area contributed by atoms with Crippen molar-refractivity contribution in [2.75, 3.05) is 19.5 Å². The molecule has 0 amide bonds. The van der Waals surface area contributed by atoms with E-state index in [-0.39, 0.29) is 11.8 Å². The third-order valence-electron chi connectivity index (χ3n) is 2.73. The lowest BCUT2D eigenvalue weighted by molar-refractivity contribution is 0.0971. The van der Waals surface area contributed by atoms with Gasteiger partial charge in [0.2, 0.25) is 0 Å². The minimum Gasteiger partial charge on any atom is -0.496 e. The van der Waals surface area contributed by atoms with Crippen LogP contribution in [0.15, 0.2) is 12.1 Å². The third-order valence-corrected chi connectivity index (χ3v) is 2.73. The van der Waals surface area contributed by atoms with Crippen LogP contribution in [-0.4, -0.2) is 26.0 Å². The van der Waals surface area contributed by atoms with Crippen molar-refractivity contribution < 1.29 is 14.3 Å². The zero-order chi connectivity index (χ0) is 11.7. The molecule has 0 saturated carbocycles. The van der Waals surface area contributed by atoms with E-state index in [2.05, 4.69) is 5.32 Å². The Morgan fingerprint density at radius 2 is 1.88 bits per heavy atom. The molecule has 0 aromatic heterocycles. The number of anilines is 1. The standard InChI is InChI=1S/C12H15NO3/c1-7-6-8(14)11-9(15-2)4-5-10(16-3)12(11)13-7/h4-5,7,13H,6H2,1-3H3. The molecule has 4 nitrogen and oxygen atoms in total. The lowest BCUT2D eigenvalue weighted by Crippen LogP contribution is -2.27. The minimum atomic E-state index is 0.0944. The molecule has 0 fully saturated rings. The molecular weight excluding hydrogens is 206 g/mol. The summed E-state index contributed by atoms with van der Waals surface area (Å²) >= 11 is 0. The van der Waals surface area contributed by atoms with Crippen LogP contribution in [0.25, 0.3) is 0 Å². The van der Waals surface area contributed by atoms with Gasteiger partial charge in [-0.15, -0.1) is 0 Å². The average Bonchev–Trinajstić information content (AvgIpc) is 2.27. The summed E-state index contributed by atoms with van der Waals surface area (Å²) in [7, 11) is 3.15. The van der Waals surface area contributed by atoms with Crippen LogP contribution in [0.2, 0.25) is 0 Å². The lowest BCUT2D eigenvalue weighted by Gasteiger charge is -2.26. The van der Waals surface area contributed by atoms with Crippen molar-refractivity contribution in [2.45, 2.75) is 19.4 Å². The summed E-state index contributed by atoms with van der Waals surface area (Å²) in [4.78, 5) is 12.0. The monoisotopic (exact) mass is 221 g/mol. The largest absolute Gasteiger partial charge is 0.496 e. The predicted molar refractivity (Wildman–Crippen MR) is 61.6 cm³/mol. The van der Waals surface area contributed by atoms with Crippen molar-refractivity contribution in [1.82, 2.24) is 0 Å².